The van der Waals surface area contributed by atoms with Crippen molar-refractivity contribution in [2.75, 3.05) is 0 Å². The van der Waals surface area contributed by atoms with Gasteiger partial charge in [-0.3, -0.25) is 0 Å². The molecule has 1 N–H and O–H groups in total. The average molecular weight is 295 g/mol. The lowest BCUT2D eigenvalue weighted by atomic mass is 10.0. The number of hydrogen-bond donors (Lipinski definition) is 1. The van der Waals surface area contributed by atoms with Crippen LogP contribution in [0.15, 0.2) is 34.9 Å². The zero-order valence-electron chi connectivity index (χ0n) is 9.89. The van der Waals surface area contributed by atoms with Crippen molar-refractivity contribution < 1.29 is 5.11 Å². The molecular weight excluding hydrogens is 280 g/mol. The van der Waals surface area contributed by atoms with E-state index in [1.807, 2.05) is 18.3 Å². The first kappa shape index (κ1) is 12.3. The number of halogens is 1. The molecule has 0 saturated heterocycles. The molecule has 0 spiro atoms. The summed E-state index contributed by atoms with van der Waals surface area (Å²) in [6, 6.07) is 8.29. The Kier molecular flexibility index (Phi) is 3.64. The third kappa shape index (κ3) is 2.58. The van der Waals surface area contributed by atoms with Crippen LogP contribution >= 0.6 is 15.9 Å². The second-order valence-corrected chi connectivity index (χ2v) is 5.13. The Labute approximate surface area is 109 Å². The van der Waals surface area contributed by atoms with Crippen LogP contribution < -0.4 is 0 Å². The molecule has 2 aromatic rings. The smallest absolute Gasteiger partial charge is 0.102 e. The number of aromatic nitrogens is 2. The van der Waals surface area contributed by atoms with Crippen molar-refractivity contribution >= 4 is 15.9 Å². The van der Waals surface area contributed by atoms with Crippen molar-refractivity contribution in [3.8, 4) is 5.69 Å². The van der Waals surface area contributed by atoms with E-state index in [0.717, 1.165) is 10.2 Å². The van der Waals surface area contributed by atoms with Crippen LogP contribution in [0.1, 0.15) is 31.0 Å². The summed E-state index contributed by atoms with van der Waals surface area (Å²) in [7, 11) is 0. The summed E-state index contributed by atoms with van der Waals surface area (Å²) >= 11 is 3.37. The molecule has 0 fully saturated rings. The number of aliphatic hydroxyl groups excluding tert-OH is 1. The fourth-order valence-corrected chi connectivity index (χ4v) is 2.04. The molecule has 1 aromatic heterocycles. The molecule has 0 amide bonds. The van der Waals surface area contributed by atoms with E-state index in [9.17, 15) is 0 Å². The molecular formula is C13H15BrN2O. The Morgan fingerprint density at radius 3 is 2.41 bits per heavy atom. The molecule has 0 atom stereocenters. The standard InChI is InChI=1S/C13H15BrN2O/c1-9(2)10-3-5-11(6-4-10)16-7-12(14)13(8-17)15-16/h3-7,9,17H,8H2,1-2H3. The van der Waals surface area contributed by atoms with Crippen molar-refractivity contribution in [1.29, 1.82) is 0 Å². The van der Waals surface area contributed by atoms with Gasteiger partial charge in [0.2, 0.25) is 0 Å². The van der Waals surface area contributed by atoms with Gasteiger partial charge in [-0.2, -0.15) is 5.10 Å². The van der Waals surface area contributed by atoms with Gasteiger partial charge in [-0.05, 0) is 39.5 Å². The van der Waals surface area contributed by atoms with Gasteiger partial charge < -0.3 is 5.11 Å². The van der Waals surface area contributed by atoms with E-state index in [-0.39, 0.29) is 6.61 Å². The molecule has 1 aromatic carbocycles. The molecule has 4 heteroatoms. The van der Waals surface area contributed by atoms with Crippen LogP contribution in [0.25, 0.3) is 5.69 Å². The fraction of sp³-hybridized carbons (Fsp3) is 0.308. The summed E-state index contributed by atoms with van der Waals surface area (Å²) in [4.78, 5) is 0. The lowest BCUT2D eigenvalue weighted by Gasteiger charge is -2.06. The highest BCUT2D eigenvalue weighted by Gasteiger charge is 2.07. The van der Waals surface area contributed by atoms with E-state index in [1.54, 1.807) is 4.68 Å². The van der Waals surface area contributed by atoms with Crippen LogP contribution in [0, 0.1) is 0 Å². The molecule has 3 nitrogen and oxygen atoms in total. The predicted molar refractivity (Wildman–Crippen MR) is 71.3 cm³/mol. The van der Waals surface area contributed by atoms with Gasteiger partial charge in [0.1, 0.15) is 5.69 Å². The van der Waals surface area contributed by atoms with Gasteiger partial charge in [-0.15, -0.1) is 0 Å². The number of nitrogens with zero attached hydrogens (tertiary/aromatic N) is 2. The van der Waals surface area contributed by atoms with Crippen molar-refractivity contribution in [2.45, 2.75) is 26.4 Å². The summed E-state index contributed by atoms with van der Waals surface area (Å²) in [5, 5.41) is 13.4. The maximum absolute atomic E-state index is 9.09. The summed E-state index contributed by atoms with van der Waals surface area (Å²) < 4.78 is 2.59. The second-order valence-electron chi connectivity index (χ2n) is 4.27. The van der Waals surface area contributed by atoms with Gasteiger partial charge >= 0.3 is 0 Å². The van der Waals surface area contributed by atoms with Crippen LogP contribution in [0.3, 0.4) is 0 Å². The maximum atomic E-state index is 9.09. The Balaban J connectivity index is 2.33. The van der Waals surface area contributed by atoms with Crippen LogP contribution in [0.5, 0.6) is 0 Å². The van der Waals surface area contributed by atoms with Crippen LogP contribution in [-0.4, -0.2) is 14.9 Å². The SMILES string of the molecule is CC(C)c1ccc(-n2cc(Br)c(CO)n2)cc1. The fourth-order valence-electron chi connectivity index (χ4n) is 1.64. The van der Waals surface area contributed by atoms with Gasteiger partial charge in [0.15, 0.2) is 0 Å². The Bertz CT molecular complexity index is 503. The molecule has 17 heavy (non-hydrogen) atoms. The van der Waals surface area contributed by atoms with Crippen LogP contribution in [0.4, 0.5) is 0 Å². The topological polar surface area (TPSA) is 38.0 Å². The third-order valence-electron chi connectivity index (χ3n) is 2.71. The molecule has 90 valence electrons. The zero-order chi connectivity index (χ0) is 12.4. The maximum Gasteiger partial charge on any atom is 0.102 e. The summed E-state index contributed by atoms with van der Waals surface area (Å²) in [5.41, 5.74) is 2.95. The van der Waals surface area contributed by atoms with E-state index in [0.29, 0.717) is 11.6 Å². The van der Waals surface area contributed by atoms with E-state index in [1.165, 1.54) is 5.56 Å². The quantitative estimate of drug-likeness (QED) is 0.944. The van der Waals surface area contributed by atoms with E-state index >= 15 is 0 Å². The van der Waals surface area contributed by atoms with Crippen molar-refractivity contribution in [1.82, 2.24) is 9.78 Å². The molecule has 0 unspecified atom stereocenters. The highest BCUT2D eigenvalue weighted by molar-refractivity contribution is 9.10. The Hall–Kier alpha value is -1.13. The number of hydrogen-bond acceptors (Lipinski definition) is 2. The molecule has 1 heterocycles. The highest BCUT2D eigenvalue weighted by atomic mass is 79.9. The first-order chi connectivity index (χ1) is 8.11. The van der Waals surface area contributed by atoms with E-state index < -0.39 is 0 Å². The first-order valence-corrected chi connectivity index (χ1v) is 6.36. The normalized spacial score (nSPS) is 11.1. The van der Waals surface area contributed by atoms with Crippen molar-refractivity contribution in [3.63, 3.8) is 0 Å². The van der Waals surface area contributed by atoms with Gasteiger partial charge in [-0.25, -0.2) is 4.68 Å². The number of aliphatic hydroxyl groups is 1. The highest BCUT2D eigenvalue weighted by Crippen LogP contribution is 2.20. The average Bonchev–Trinajstić information content (AvgIpc) is 2.70. The minimum Gasteiger partial charge on any atom is -0.390 e. The Morgan fingerprint density at radius 1 is 1.29 bits per heavy atom. The minimum atomic E-state index is -0.0579. The molecule has 0 aliphatic heterocycles. The molecule has 0 bridgehead atoms. The van der Waals surface area contributed by atoms with Crippen LogP contribution in [-0.2, 0) is 6.61 Å². The molecule has 0 radical (unpaired) electrons. The molecule has 0 aliphatic carbocycles. The van der Waals surface area contributed by atoms with E-state index in [2.05, 4.69) is 47.0 Å². The summed E-state index contributed by atoms with van der Waals surface area (Å²) in [6.45, 7) is 4.28. The zero-order valence-corrected chi connectivity index (χ0v) is 11.5. The van der Waals surface area contributed by atoms with Gasteiger partial charge in [0.05, 0.1) is 16.8 Å². The van der Waals surface area contributed by atoms with Crippen molar-refractivity contribution in [3.05, 3.63) is 46.2 Å². The number of rotatable bonds is 3. The second kappa shape index (κ2) is 5.02. The minimum absolute atomic E-state index is 0.0579. The van der Waals surface area contributed by atoms with Gasteiger partial charge in [-0.1, -0.05) is 26.0 Å². The largest absolute Gasteiger partial charge is 0.390 e. The lowest BCUT2D eigenvalue weighted by molar-refractivity contribution is 0.275. The first-order valence-electron chi connectivity index (χ1n) is 5.57. The Morgan fingerprint density at radius 2 is 1.94 bits per heavy atom. The summed E-state index contributed by atoms with van der Waals surface area (Å²) in [6.07, 6.45) is 1.86. The van der Waals surface area contributed by atoms with Crippen molar-refractivity contribution in [2.24, 2.45) is 0 Å². The molecule has 0 aliphatic rings. The third-order valence-corrected chi connectivity index (χ3v) is 3.38. The molecule has 2 rings (SSSR count). The van der Waals surface area contributed by atoms with Gasteiger partial charge in [0, 0.05) is 6.20 Å². The van der Waals surface area contributed by atoms with E-state index in [4.69, 9.17) is 5.11 Å². The predicted octanol–water partition coefficient (Wildman–Crippen LogP) is 3.25. The van der Waals surface area contributed by atoms with Gasteiger partial charge in [0.25, 0.3) is 0 Å². The number of benzene rings is 1. The monoisotopic (exact) mass is 294 g/mol. The lowest BCUT2D eigenvalue weighted by Crippen LogP contribution is -1.97. The van der Waals surface area contributed by atoms with Crippen LogP contribution in [0.2, 0.25) is 0 Å². The summed E-state index contributed by atoms with van der Waals surface area (Å²) in [5.74, 6) is 0.529. The molecule has 0 saturated carbocycles.